The number of amidine groups is 1. The highest BCUT2D eigenvalue weighted by Gasteiger charge is 1.99. The number of hydrogen-bond donors (Lipinski definition) is 2. The molecule has 0 fully saturated rings. The predicted octanol–water partition coefficient (Wildman–Crippen LogP) is 4.50. The van der Waals surface area contributed by atoms with Gasteiger partial charge in [0.05, 0.1) is 17.1 Å². The quantitative estimate of drug-likeness (QED) is 0.604. The molecule has 0 atom stereocenters. The van der Waals surface area contributed by atoms with Crippen molar-refractivity contribution in [2.24, 2.45) is 10.7 Å². The largest absolute Gasteiger partial charge is 0.478 e. The maximum atomic E-state index is 10.3. The maximum absolute atomic E-state index is 10.3. The second-order valence-electron chi connectivity index (χ2n) is 4.04. The standard InChI is InChI=1S/C8H9ClN2.C7H5BrO2/c1-6(10)11-8-4-2-7(9)3-5-8;8-6-3-1-5(2-4-6)7(9)10/h2-5H,1H3,(H2,10,11);1-4H,(H,9,10). The van der Waals surface area contributed by atoms with Crippen molar-refractivity contribution in [3.8, 4) is 0 Å². The van der Waals surface area contributed by atoms with Crippen LogP contribution in [-0.4, -0.2) is 16.9 Å². The van der Waals surface area contributed by atoms with Crippen LogP contribution >= 0.6 is 27.5 Å². The van der Waals surface area contributed by atoms with Crippen molar-refractivity contribution >= 4 is 45.0 Å². The lowest BCUT2D eigenvalue weighted by Gasteiger charge is -1.93. The Labute approximate surface area is 136 Å². The third kappa shape index (κ3) is 6.92. The Kier molecular flexibility index (Phi) is 6.91. The van der Waals surface area contributed by atoms with Gasteiger partial charge in [-0.15, -0.1) is 0 Å². The molecule has 6 heteroatoms. The number of halogens is 2. The highest BCUT2D eigenvalue weighted by molar-refractivity contribution is 9.10. The summed E-state index contributed by atoms with van der Waals surface area (Å²) in [6, 6.07) is 13.7. The van der Waals surface area contributed by atoms with Crippen molar-refractivity contribution in [2.75, 3.05) is 0 Å². The van der Waals surface area contributed by atoms with Crippen molar-refractivity contribution in [1.82, 2.24) is 0 Å². The molecule has 0 bridgehead atoms. The van der Waals surface area contributed by atoms with Crippen LogP contribution in [-0.2, 0) is 0 Å². The van der Waals surface area contributed by atoms with Gasteiger partial charge in [-0.2, -0.15) is 0 Å². The molecule has 21 heavy (non-hydrogen) atoms. The van der Waals surface area contributed by atoms with Crippen LogP contribution < -0.4 is 5.73 Å². The van der Waals surface area contributed by atoms with Crippen LogP contribution in [0.3, 0.4) is 0 Å². The zero-order valence-electron chi connectivity index (χ0n) is 11.3. The highest BCUT2D eigenvalue weighted by atomic mass is 79.9. The molecule has 0 aliphatic carbocycles. The number of nitrogens with two attached hydrogens (primary N) is 1. The average Bonchev–Trinajstić information content (AvgIpc) is 2.42. The Morgan fingerprint density at radius 3 is 2.10 bits per heavy atom. The van der Waals surface area contributed by atoms with Gasteiger partial charge in [-0.1, -0.05) is 27.5 Å². The van der Waals surface area contributed by atoms with Crippen molar-refractivity contribution < 1.29 is 9.90 Å². The van der Waals surface area contributed by atoms with Gasteiger partial charge in [0.25, 0.3) is 0 Å². The van der Waals surface area contributed by atoms with E-state index in [4.69, 9.17) is 22.4 Å². The van der Waals surface area contributed by atoms with E-state index < -0.39 is 5.97 Å². The predicted molar refractivity (Wildman–Crippen MR) is 89.5 cm³/mol. The fourth-order valence-electron chi connectivity index (χ4n) is 1.31. The van der Waals surface area contributed by atoms with Gasteiger partial charge in [-0.25, -0.2) is 9.79 Å². The first-order valence-electron chi connectivity index (χ1n) is 5.93. The average molecular weight is 370 g/mol. The molecular weight excluding hydrogens is 356 g/mol. The first-order valence-corrected chi connectivity index (χ1v) is 7.11. The lowest BCUT2D eigenvalue weighted by atomic mass is 10.2. The number of carboxylic acids is 1. The molecule has 2 aromatic carbocycles. The van der Waals surface area contributed by atoms with Gasteiger partial charge in [0.15, 0.2) is 0 Å². The highest BCUT2D eigenvalue weighted by Crippen LogP contribution is 2.15. The summed E-state index contributed by atoms with van der Waals surface area (Å²) in [6.07, 6.45) is 0. The van der Waals surface area contributed by atoms with Crippen molar-refractivity contribution in [3.63, 3.8) is 0 Å². The smallest absolute Gasteiger partial charge is 0.335 e. The number of nitrogens with zero attached hydrogens (tertiary/aromatic N) is 1. The molecule has 0 radical (unpaired) electrons. The van der Waals surface area contributed by atoms with Gasteiger partial charge in [0.2, 0.25) is 0 Å². The van der Waals surface area contributed by atoms with Crippen molar-refractivity contribution in [2.45, 2.75) is 6.92 Å². The summed E-state index contributed by atoms with van der Waals surface area (Å²) < 4.78 is 0.887. The van der Waals surface area contributed by atoms with E-state index >= 15 is 0 Å². The van der Waals surface area contributed by atoms with Gasteiger partial charge >= 0.3 is 5.97 Å². The van der Waals surface area contributed by atoms with E-state index in [-0.39, 0.29) is 0 Å². The number of rotatable bonds is 2. The van der Waals surface area contributed by atoms with Crippen LogP contribution in [0.15, 0.2) is 58.0 Å². The number of aliphatic imine (C=N–C) groups is 1. The summed E-state index contributed by atoms with van der Waals surface area (Å²) in [7, 11) is 0. The SMILES string of the molecule is CC(N)=Nc1ccc(Cl)cc1.O=C(O)c1ccc(Br)cc1. The fourth-order valence-corrected chi connectivity index (χ4v) is 1.70. The number of carboxylic acid groups (broad SMARTS) is 1. The summed E-state index contributed by atoms with van der Waals surface area (Å²) in [5, 5.41) is 9.17. The monoisotopic (exact) mass is 368 g/mol. The normalized spacial score (nSPS) is 10.5. The molecule has 2 rings (SSSR count). The molecule has 0 aliphatic rings. The van der Waals surface area contributed by atoms with Gasteiger partial charge < -0.3 is 10.8 Å². The molecular formula is C15H14BrClN2O2. The van der Waals surface area contributed by atoms with Gasteiger partial charge in [0, 0.05) is 9.50 Å². The van der Waals surface area contributed by atoms with E-state index in [1.54, 1.807) is 43.3 Å². The first-order chi connectivity index (χ1) is 9.88. The Morgan fingerprint density at radius 2 is 1.67 bits per heavy atom. The van der Waals surface area contributed by atoms with Gasteiger partial charge in [0.1, 0.15) is 0 Å². The molecule has 0 heterocycles. The molecule has 0 unspecified atom stereocenters. The summed E-state index contributed by atoms with van der Waals surface area (Å²) >= 11 is 8.87. The Hall–Kier alpha value is -1.85. The molecule has 0 saturated heterocycles. The summed E-state index contributed by atoms with van der Waals surface area (Å²) in [5.41, 5.74) is 6.52. The van der Waals surface area contributed by atoms with E-state index in [0.717, 1.165) is 10.2 Å². The second kappa shape index (κ2) is 8.44. The van der Waals surface area contributed by atoms with Crippen molar-refractivity contribution in [1.29, 1.82) is 0 Å². The lowest BCUT2D eigenvalue weighted by molar-refractivity contribution is 0.0697. The molecule has 0 aromatic heterocycles. The Morgan fingerprint density at radius 1 is 1.14 bits per heavy atom. The van der Waals surface area contributed by atoms with Crippen LogP contribution in [0.25, 0.3) is 0 Å². The van der Waals surface area contributed by atoms with E-state index in [0.29, 0.717) is 16.4 Å². The third-order valence-corrected chi connectivity index (χ3v) is 3.00. The fraction of sp³-hybridized carbons (Fsp3) is 0.0667. The Balaban J connectivity index is 0.000000211. The van der Waals surface area contributed by atoms with Gasteiger partial charge in [-0.3, -0.25) is 0 Å². The summed E-state index contributed by atoms with van der Waals surface area (Å²) in [4.78, 5) is 14.3. The van der Waals surface area contributed by atoms with Crippen LogP contribution in [0, 0.1) is 0 Å². The topological polar surface area (TPSA) is 75.7 Å². The summed E-state index contributed by atoms with van der Waals surface area (Å²) in [5.74, 6) is -0.347. The maximum Gasteiger partial charge on any atom is 0.335 e. The first kappa shape index (κ1) is 17.2. The van der Waals surface area contributed by atoms with Crippen LogP contribution in [0.5, 0.6) is 0 Å². The zero-order chi connectivity index (χ0) is 15.8. The molecule has 0 amide bonds. The van der Waals surface area contributed by atoms with Crippen LogP contribution in [0.1, 0.15) is 17.3 Å². The summed E-state index contributed by atoms with van der Waals surface area (Å²) in [6.45, 7) is 1.74. The number of aromatic carboxylic acids is 1. The number of carbonyl (C=O) groups is 1. The molecule has 0 spiro atoms. The number of hydrogen-bond acceptors (Lipinski definition) is 2. The third-order valence-electron chi connectivity index (χ3n) is 2.22. The van der Waals surface area contributed by atoms with E-state index in [2.05, 4.69) is 20.9 Å². The molecule has 0 saturated carbocycles. The zero-order valence-corrected chi connectivity index (χ0v) is 13.6. The minimum absolute atomic E-state index is 0.309. The Bertz CT molecular complexity index is 621. The van der Waals surface area contributed by atoms with Gasteiger partial charge in [-0.05, 0) is 55.5 Å². The van der Waals surface area contributed by atoms with Crippen LogP contribution in [0.4, 0.5) is 5.69 Å². The molecule has 4 nitrogen and oxygen atoms in total. The van der Waals surface area contributed by atoms with E-state index in [1.807, 2.05) is 12.1 Å². The second-order valence-corrected chi connectivity index (χ2v) is 5.39. The van der Waals surface area contributed by atoms with E-state index in [1.165, 1.54) is 0 Å². The molecule has 3 N–H and O–H groups in total. The lowest BCUT2D eigenvalue weighted by Crippen LogP contribution is -2.03. The van der Waals surface area contributed by atoms with Crippen molar-refractivity contribution in [3.05, 3.63) is 63.6 Å². The van der Waals surface area contributed by atoms with Crippen LogP contribution in [0.2, 0.25) is 5.02 Å². The van der Waals surface area contributed by atoms with E-state index in [9.17, 15) is 4.79 Å². The minimum Gasteiger partial charge on any atom is -0.478 e. The minimum atomic E-state index is -0.896. The number of benzene rings is 2. The molecule has 110 valence electrons. The molecule has 2 aromatic rings. The molecule has 0 aliphatic heterocycles.